The van der Waals surface area contributed by atoms with Crippen molar-refractivity contribution in [2.75, 3.05) is 12.0 Å². The Labute approximate surface area is 167 Å². The zero-order chi connectivity index (χ0) is 18.7. The van der Waals surface area contributed by atoms with Crippen LogP contribution in [0.5, 0.6) is 0 Å². The van der Waals surface area contributed by atoms with Crippen molar-refractivity contribution >= 4 is 49.7 Å². The number of hydrogen-bond donors (Lipinski definition) is 2. The van der Waals surface area contributed by atoms with Crippen molar-refractivity contribution in [1.29, 1.82) is 0 Å². The number of halogens is 1. The molecule has 10 heteroatoms. The molecular formula is C17H20ClN3O4S2. The Balaban J connectivity index is 0.00000261. The van der Waals surface area contributed by atoms with Gasteiger partial charge in [-0.15, -0.1) is 23.7 Å². The number of carbonyl (C=O) groups excluding carboxylic acids is 1. The first kappa shape index (κ1) is 21.4. The molecule has 0 fully saturated rings. The van der Waals surface area contributed by atoms with Gasteiger partial charge in [0.05, 0.1) is 28.6 Å². The molecule has 3 aromatic rings. The SMILES string of the molecule is CS(=O)(=O)CCC(N)C(=O)NCc1ccc(-c2nc3ccccc3s2)o1.Cl. The van der Waals surface area contributed by atoms with Crippen LogP contribution in [-0.4, -0.2) is 37.4 Å². The van der Waals surface area contributed by atoms with Crippen molar-refractivity contribution in [1.82, 2.24) is 10.3 Å². The van der Waals surface area contributed by atoms with Gasteiger partial charge >= 0.3 is 0 Å². The molecule has 3 N–H and O–H groups in total. The van der Waals surface area contributed by atoms with Crippen LogP contribution in [0.25, 0.3) is 21.0 Å². The smallest absolute Gasteiger partial charge is 0.237 e. The Bertz CT molecular complexity index is 997. The van der Waals surface area contributed by atoms with Gasteiger partial charge in [-0.3, -0.25) is 4.79 Å². The molecule has 146 valence electrons. The first-order chi connectivity index (χ1) is 12.3. The second-order valence-electron chi connectivity index (χ2n) is 6.00. The average Bonchev–Trinajstić information content (AvgIpc) is 3.23. The molecule has 0 bridgehead atoms. The second-order valence-corrected chi connectivity index (χ2v) is 9.29. The van der Waals surface area contributed by atoms with E-state index in [0.29, 0.717) is 11.5 Å². The van der Waals surface area contributed by atoms with Gasteiger partial charge in [-0.05, 0) is 30.7 Å². The number of para-hydroxylation sites is 1. The Morgan fingerprint density at radius 2 is 2.04 bits per heavy atom. The van der Waals surface area contributed by atoms with Crippen molar-refractivity contribution in [2.45, 2.75) is 19.0 Å². The molecule has 0 aliphatic carbocycles. The van der Waals surface area contributed by atoms with E-state index >= 15 is 0 Å². The molecule has 1 aromatic carbocycles. The number of nitrogens with two attached hydrogens (primary N) is 1. The van der Waals surface area contributed by atoms with Crippen LogP contribution in [0.3, 0.4) is 0 Å². The van der Waals surface area contributed by atoms with Gasteiger partial charge < -0.3 is 15.5 Å². The van der Waals surface area contributed by atoms with E-state index in [1.165, 1.54) is 11.3 Å². The van der Waals surface area contributed by atoms with E-state index in [9.17, 15) is 13.2 Å². The van der Waals surface area contributed by atoms with Crippen LogP contribution in [0.1, 0.15) is 12.2 Å². The Morgan fingerprint density at radius 3 is 2.74 bits per heavy atom. The van der Waals surface area contributed by atoms with Gasteiger partial charge in [-0.1, -0.05) is 12.1 Å². The quantitative estimate of drug-likeness (QED) is 0.595. The summed E-state index contributed by atoms with van der Waals surface area (Å²) in [6.45, 7) is 0.177. The first-order valence-corrected chi connectivity index (χ1v) is 10.9. The van der Waals surface area contributed by atoms with Gasteiger partial charge in [0.2, 0.25) is 5.91 Å². The third-order valence-corrected chi connectivity index (χ3v) is 5.77. The van der Waals surface area contributed by atoms with Crippen LogP contribution in [0.4, 0.5) is 0 Å². The molecule has 1 amide bonds. The largest absolute Gasteiger partial charge is 0.457 e. The highest BCUT2D eigenvalue weighted by Crippen LogP contribution is 2.31. The van der Waals surface area contributed by atoms with Gasteiger partial charge in [-0.2, -0.15) is 0 Å². The number of hydrogen-bond acceptors (Lipinski definition) is 7. The highest BCUT2D eigenvalue weighted by Gasteiger charge is 2.16. The maximum absolute atomic E-state index is 11.9. The molecule has 0 radical (unpaired) electrons. The summed E-state index contributed by atoms with van der Waals surface area (Å²) in [5.74, 6) is 0.677. The van der Waals surface area contributed by atoms with Gasteiger partial charge in [0.25, 0.3) is 0 Å². The molecule has 2 heterocycles. The average molecular weight is 430 g/mol. The van der Waals surface area contributed by atoms with Crippen LogP contribution in [-0.2, 0) is 21.2 Å². The van der Waals surface area contributed by atoms with Crippen LogP contribution < -0.4 is 11.1 Å². The van der Waals surface area contributed by atoms with Crippen LogP contribution in [0.2, 0.25) is 0 Å². The zero-order valence-corrected chi connectivity index (χ0v) is 17.0. The fourth-order valence-corrected chi connectivity index (χ4v) is 3.95. The van der Waals surface area contributed by atoms with Gasteiger partial charge in [0.15, 0.2) is 10.8 Å². The molecular weight excluding hydrogens is 410 g/mol. The molecule has 0 saturated carbocycles. The molecule has 0 saturated heterocycles. The van der Waals surface area contributed by atoms with E-state index in [0.717, 1.165) is 21.5 Å². The standard InChI is InChI=1S/C17H19N3O4S2.ClH/c1-26(22,23)9-8-12(18)16(21)19-10-11-6-7-14(24-11)17-20-13-4-2-3-5-15(13)25-17;/h2-7,12H,8-10,18H2,1H3,(H,19,21);1H. The van der Waals surface area contributed by atoms with Crippen molar-refractivity contribution in [3.05, 3.63) is 42.2 Å². The lowest BCUT2D eigenvalue weighted by Gasteiger charge is -2.10. The van der Waals surface area contributed by atoms with Crippen molar-refractivity contribution in [3.63, 3.8) is 0 Å². The molecule has 27 heavy (non-hydrogen) atoms. The summed E-state index contributed by atoms with van der Waals surface area (Å²) in [5.41, 5.74) is 6.63. The van der Waals surface area contributed by atoms with Gasteiger partial charge in [-0.25, -0.2) is 13.4 Å². The van der Waals surface area contributed by atoms with E-state index in [-0.39, 0.29) is 31.1 Å². The minimum Gasteiger partial charge on any atom is -0.457 e. The third kappa shape index (κ3) is 5.77. The molecule has 3 rings (SSSR count). The monoisotopic (exact) mass is 429 g/mol. The van der Waals surface area contributed by atoms with E-state index in [4.69, 9.17) is 10.2 Å². The molecule has 2 aromatic heterocycles. The number of benzene rings is 1. The summed E-state index contributed by atoms with van der Waals surface area (Å²) in [6.07, 6.45) is 1.20. The molecule has 0 spiro atoms. The number of amides is 1. The van der Waals surface area contributed by atoms with E-state index < -0.39 is 21.8 Å². The normalized spacial score (nSPS) is 12.5. The van der Waals surface area contributed by atoms with Gasteiger partial charge in [0, 0.05) is 6.26 Å². The van der Waals surface area contributed by atoms with Crippen LogP contribution in [0, 0.1) is 0 Å². The first-order valence-electron chi connectivity index (χ1n) is 7.97. The molecule has 7 nitrogen and oxygen atoms in total. The number of nitrogens with one attached hydrogen (secondary N) is 1. The van der Waals surface area contributed by atoms with E-state index in [1.807, 2.05) is 30.3 Å². The van der Waals surface area contributed by atoms with Crippen molar-refractivity contribution in [3.8, 4) is 10.8 Å². The topological polar surface area (TPSA) is 115 Å². The zero-order valence-electron chi connectivity index (χ0n) is 14.5. The predicted octanol–water partition coefficient (Wildman–Crippen LogP) is 2.36. The Kier molecular flexibility index (Phi) is 6.99. The fourth-order valence-electron chi connectivity index (χ4n) is 2.34. The van der Waals surface area contributed by atoms with Crippen LogP contribution >= 0.6 is 23.7 Å². The van der Waals surface area contributed by atoms with Crippen molar-refractivity contribution < 1.29 is 17.6 Å². The Hall–Kier alpha value is -1.94. The summed E-state index contributed by atoms with van der Waals surface area (Å²) in [6, 6.07) is 10.5. The summed E-state index contributed by atoms with van der Waals surface area (Å²) in [7, 11) is -3.14. The predicted molar refractivity (Wildman–Crippen MR) is 109 cm³/mol. The number of nitrogens with zero attached hydrogens (tertiary/aromatic N) is 1. The number of rotatable bonds is 7. The summed E-state index contributed by atoms with van der Waals surface area (Å²) < 4.78 is 29.1. The molecule has 1 atom stereocenters. The number of carbonyl (C=O) groups is 1. The fraction of sp³-hybridized carbons (Fsp3) is 0.294. The second kappa shape index (κ2) is 8.83. The van der Waals surface area contributed by atoms with Crippen LogP contribution in [0.15, 0.2) is 40.8 Å². The lowest BCUT2D eigenvalue weighted by atomic mass is 10.2. The van der Waals surface area contributed by atoms with Crippen molar-refractivity contribution in [2.24, 2.45) is 5.73 Å². The summed E-state index contributed by atoms with van der Waals surface area (Å²) in [4.78, 5) is 16.5. The highest BCUT2D eigenvalue weighted by molar-refractivity contribution is 7.90. The van der Waals surface area contributed by atoms with E-state index in [1.54, 1.807) is 6.07 Å². The number of thiazole rings is 1. The maximum Gasteiger partial charge on any atom is 0.237 e. The lowest BCUT2D eigenvalue weighted by Crippen LogP contribution is -2.41. The number of fused-ring (bicyclic) bond motifs is 1. The number of sulfone groups is 1. The highest BCUT2D eigenvalue weighted by atomic mass is 35.5. The molecule has 0 aliphatic rings. The number of furan rings is 1. The van der Waals surface area contributed by atoms with Gasteiger partial charge in [0.1, 0.15) is 15.6 Å². The summed E-state index contributed by atoms with van der Waals surface area (Å²) in [5, 5.41) is 3.43. The lowest BCUT2D eigenvalue weighted by molar-refractivity contribution is -0.122. The maximum atomic E-state index is 11.9. The minimum atomic E-state index is -3.14. The Morgan fingerprint density at radius 1 is 1.30 bits per heavy atom. The number of aromatic nitrogens is 1. The summed E-state index contributed by atoms with van der Waals surface area (Å²) >= 11 is 1.53. The van der Waals surface area contributed by atoms with E-state index in [2.05, 4.69) is 10.3 Å². The molecule has 1 unspecified atom stereocenters. The minimum absolute atomic E-state index is 0. The molecule has 0 aliphatic heterocycles. The third-order valence-electron chi connectivity index (χ3n) is 3.74.